The van der Waals surface area contributed by atoms with Gasteiger partial charge in [0, 0.05) is 11.7 Å². The number of aromatic nitrogens is 2. The number of aryl methyl sites for hydroxylation is 2. The average molecular weight is 247 g/mol. The molecule has 0 spiro atoms. The highest BCUT2D eigenvalue weighted by molar-refractivity contribution is 5.20. The number of aromatic amines is 1. The zero-order valence-electron chi connectivity index (χ0n) is 11.5. The van der Waals surface area contributed by atoms with Crippen molar-refractivity contribution in [2.75, 3.05) is 0 Å². The lowest BCUT2D eigenvalue weighted by molar-refractivity contribution is 0.489. The van der Waals surface area contributed by atoms with Crippen molar-refractivity contribution in [1.29, 1.82) is 0 Å². The van der Waals surface area contributed by atoms with Gasteiger partial charge in [-0.25, -0.2) is 4.98 Å². The first kappa shape index (κ1) is 14.5. The fraction of sp³-hybridized carbons (Fsp3) is 0.571. The fourth-order valence-corrected chi connectivity index (χ4v) is 2.13. The number of nitrogens with zero attached hydrogens (tertiary/aromatic N) is 1. The van der Waals surface area contributed by atoms with E-state index in [0.717, 1.165) is 18.5 Å². The molecule has 0 aliphatic heterocycles. The molecule has 0 amide bonds. The zero-order valence-corrected chi connectivity index (χ0v) is 11.5. The molecule has 1 aromatic heterocycles. The predicted molar refractivity (Wildman–Crippen MR) is 73.4 cm³/mol. The smallest absolute Gasteiger partial charge is 0.255 e. The Bertz CT molecular complexity index is 499. The summed E-state index contributed by atoms with van der Waals surface area (Å²) in [4.78, 5) is 19.0. The third-order valence-corrected chi connectivity index (χ3v) is 2.93. The molecule has 1 rings (SSSR count). The van der Waals surface area contributed by atoms with E-state index in [1.807, 2.05) is 13.8 Å². The van der Waals surface area contributed by atoms with Crippen LogP contribution in [-0.4, -0.2) is 16.0 Å². The van der Waals surface area contributed by atoms with Crippen molar-refractivity contribution >= 4 is 0 Å². The van der Waals surface area contributed by atoms with Crippen LogP contribution >= 0.6 is 0 Å². The summed E-state index contributed by atoms with van der Waals surface area (Å²) in [6, 6.07) is -0.112. The van der Waals surface area contributed by atoms with Crippen LogP contribution in [0.3, 0.4) is 0 Å². The highest BCUT2D eigenvalue weighted by Crippen LogP contribution is 2.12. The molecule has 0 aliphatic carbocycles. The van der Waals surface area contributed by atoms with Gasteiger partial charge in [-0.15, -0.1) is 6.42 Å². The second-order valence-corrected chi connectivity index (χ2v) is 4.55. The molecular weight excluding hydrogens is 226 g/mol. The van der Waals surface area contributed by atoms with Crippen molar-refractivity contribution in [3.63, 3.8) is 0 Å². The first-order valence-electron chi connectivity index (χ1n) is 6.29. The van der Waals surface area contributed by atoms with E-state index in [4.69, 9.17) is 6.42 Å². The van der Waals surface area contributed by atoms with Crippen LogP contribution in [0.1, 0.15) is 49.8 Å². The molecule has 0 radical (unpaired) electrons. The highest BCUT2D eigenvalue weighted by Gasteiger charge is 2.16. The van der Waals surface area contributed by atoms with Crippen LogP contribution in [-0.2, 0) is 0 Å². The summed E-state index contributed by atoms with van der Waals surface area (Å²) in [5.41, 5.74) is 1.33. The fourth-order valence-electron chi connectivity index (χ4n) is 2.13. The quantitative estimate of drug-likeness (QED) is 0.781. The Balaban J connectivity index is 2.95. The summed E-state index contributed by atoms with van der Waals surface area (Å²) in [6.45, 7) is 7.65. The number of terminal acetylenes is 1. The van der Waals surface area contributed by atoms with Crippen LogP contribution in [0.2, 0.25) is 0 Å². The van der Waals surface area contributed by atoms with E-state index in [1.54, 1.807) is 6.92 Å². The van der Waals surface area contributed by atoms with E-state index < -0.39 is 0 Å². The normalized spacial score (nSPS) is 13.9. The zero-order chi connectivity index (χ0) is 13.7. The minimum atomic E-state index is -0.102. The lowest BCUT2D eigenvalue weighted by Crippen LogP contribution is -2.34. The molecule has 4 nitrogen and oxygen atoms in total. The van der Waals surface area contributed by atoms with E-state index >= 15 is 0 Å². The molecule has 1 aromatic rings. The second kappa shape index (κ2) is 6.36. The van der Waals surface area contributed by atoms with Gasteiger partial charge in [0.05, 0.1) is 11.6 Å². The molecule has 0 bridgehead atoms. The lowest BCUT2D eigenvalue weighted by atomic mass is 10.1. The van der Waals surface area contributed by atoms with Gasteiger partial charge in [-0.1, -0.05) is 19.3 Å². The van der Waals surface area contributed by atoms with Gasteiger partial charge in [0.15, 0.2) is 0 Å². The molecule has 4 heteroatoms. The van der Waals surface area contributed by atoms with Gasteiger partial charge in [0.2, 0.25) is 0 Å². The van der Waals surface area contributed by atoms with Crippen LogP contribution in [0.4, 0.5) is 0 Å². The Labute approximate surface area is 108 Å². The Hall–Kier alpha value is -1.60. The van der Waals surface area contributed by atoms with Crippen LogP contribution in [0, 0.1) is 26.2 Å². The summed E-state index contributed by atoms with van der Waals surface area (Å²) in [5, 5.41) is 3.29. The van der Waals surface area contributed by atoms with E-state index in [2.05, 4.69) is 28.1 Å². The maximum atomic E-state index is 11.9. The molecule has 0 saturated carbocycles. The van der Waals surface area contributed by atoms with Crippen molar-refractivity contribution < 1.29 is 0 Å². The maximum Gasteiger partial charge on any atom is 0.255 e. The van der Waals surface area contributed by atoms with E-state index in [0.29, 0.717) is 11.4 Å². The predicted octanol–water partition coefficient (Wildman–Crippen LogP) is 1.84. The first-order valence-corrected chi connectivity index (χ1v) is 6.29. The van der Waals surface area contributed by atoms with Crippen molar-refractivity contribution in [3.8, 4) is 12.3 Å². The molecule has 0 aromatic carbocycles. The third-order valence-electron chi connectivity index (χ3n) is 2.93. The Morgan fingerprint density at radius 3 is 2.67 bits per heavy atom. The topological polar surface area (TPSA) is 57.8 Å². The number of hydrogen-bond donors (Lipinski definition) is 2. The summed E-state index contributed by atoms with van der Waals surface area (Å²) in [7, 11) is 0. The van der Waals surface area contributed by atoms with Gasteiger partial charge < -0.3 is 4.98 Å². The molecular formula is C14H21N3O. The monoisotopic (exact) mass is 247 g/mol. The van der Waals surface area contributed by atoms with Gasteiger partial charge >= 0.3 is 0 Å². The second-order valence-electron chi connectivity index (χ2n) is 4.55. The molecule has 98 valence electrons. The molecule has 0 aliphatic rings. The Morgan fingerprint density at radius 2 is 2.17 bits per heavy atom. The SMILES string of the molecule is C#CC(CCC)NC(C)c1c(C)nc(C)[nH]c1=O. The standard InChI is InChI=1S/C14H21N3O/c1-6-8-12(7-2)16-10(4)13-9(3)15-11(5)17-14(13)18/h2,10,12,16H,6,8H2,1,3-5H3,(H,15,17,18). The Morgan fingerprint density at radius 1 is 1.50 bits per heavy atom. The highest BCUT2D eigenvalue weighted by atomic mass is 16.1. The number of H-pyrrole nitrogens is 1. The van der Waals surface area contributed by atoms with Gasteiger partial charge in [-0.05, 0) is 27.2 Å². The number of nitrogens with one attached hydrogen (secondary N) is 2. The van der Waals surface area contributed by atoms with Gasteiger partial charge in [0.25, 0.3) is 5.56 Å². The van der Waals surface area contributed by atoms with Crippen molar-refractivity contribution in [2.45, 2.75) is 52.6 Å². The van der Waals surface area contributed by atoms with Crippen molar-refractivity contribution in [2.24, 2.45) is 0 Å². The molecule has 0 fully saturated rings. The molecule has 2 atom stereocenters. The van der Waals surface area contributed by atoms with Crippen LogP contribution in [0.5, 0.6) is 0 Å². The summed E-state index contributed by atoms with van der Waals surface area (Å²) < 4.78 is 0. The molecule has 2 N–H and O–H groups in total. The molecule has 2 unspecified atom stereocenters. The average Bonchev–Trinajstić information content (AvgIpc) is 2.26. The minimum Gasteiger partial charge on any atom is -0.310 e. The minimum absolute atomic E-state index is 0.00916. The van der Waals surface area contributed by atoms with Crippen molar-refractivity contribution in [1.82, 2.24) is 15.3 Å². The number of hydrogen-bond acceptors (Lipinski definition) is 3. The largest absolute Gasteiger partial charge is 0.310 e. The molecule has 18 heavy (non-hydrogen) atoms. The van der Waals surface area contributed by atoms with E-state index in [1.165, 1.54) is 0 Å². The summed E-state index contributed by atoms with van der Waals surface area (Å²) in [6.07, 6.45) is 7.38. The summed E-state index contributed by atoms with van der Waals surface area (Å²) >= 11 is 0. The van der Waals surface area contributed by atoms with Gasteiger partial charge in [0.1, 0.15) is 5.82 Å². The Kier molecular flexibility index (Phi) is 5.11. The van der Waals surface area contributed by atoms with Crippen molar-refractivity contribution in [3.05, 3.63) is 27.4 Å². The van der Waals surface area contributed by atoms with Gasteiger partial charge in [-0.2, -0.15) is 0 Å². The summed E-state index contributed by atoms with van der Waals surface area (Å²) in [5.74, 6) is 3.34. The first-order chi connectivity index (χ1) is 8.49. The van der Waals surface area contributed by atoms with Crippen LogP contribution in [0.25, 0.3) is 0 Å². The molecule has 0 saturated heterocycles. The van der Waals surface area contributed by atoms with Crippen LogP contribution in [0.15, 0.2) is 4.79 Å². The van der Waals surface area contributed by atoms with Crippen LogP contribution < -0.4 is 10.9 Å². The third kappa shape index (κ3) is 3.44. The van der Waals surface area contributed by atoms with E-state index in [-0.39, 0.29) is 17.6 Å². The maximum absolute atomic E-state index is 11.9. The van der Waals surface area contributed by atoms with Gasteiger partial charge in [-0.3, -0.25) is 10.1 Å². The van der Waals surface area contributed by atoms with E-state index in [9.17, 15) is 4.79 Å². The lowest BCUT2D eigenvalue weighted by Gasteiger charge is -2.19. The number of rotatable bonds is 5. The molecule has 1 heterocycles.